The van der Waals surface area contributed by atoms with Crippen molar-refractivity contribution in [3.8, 4) is 0 Å². The Morgan fingerprint density at radius 3 is 2.77 bits per heavy atom. The van der Waals surface area contributed by atoms with E-state index in [1.165, 1.54) is 23.9 Å². The van der Waals surface area contributed by atoms with Gasteiger partial charge in [-0.15, -0.1) is 0 Å². The second kappa shape index (κ2) is 7.60. The normalized spacial score (nSPS) is 17.0. The summed E-state index contributed by atoms with van der Waals surface area (Å²) in [5, 5.41) is 1.30. The van der Waals surface area contributed by atoms with E-state index in [4.69, 9.17) is 9.72 Å². The standard InChI is InChI=1S/C20H19FN2O2S/c21-15-9-7-14(8-10-15)13-26-20-22-18-6-2-1-5-17(18)19(24)23(20)12-16-4-3-11-25-16/h1-2,5-10,16H,3-4,11-13H2/t16-/m0/s1. The molecule has 0 spiro atoms. The average Bonchev–Trinajstić information content (AvgIpc) is 3.17. The highest BCUT2D eigenvalue weighted by Crippen LogP contribution is 2.24. The fourth-order valence-electron chi connectivity index (χ4n) is 3.14. The highest BCUT2D eigenvalue weighted by molar-refractivity contribution is 7.98. The zero-order valence-electron chi connectivity index (χ0n) is 14.2. The van der Waals surface area contributed by atoms with E-state index in [0.29, 0.717) is 28.4 Å². The van der Waals surface area contributed by atoms with E-state index in [-0.39, 0.29) is 17.5 Å². The monoisotopic (exact) mass is 370 g/mol. The third kappa shape index (κ3) is 3.66. The highest BCUT2D eigenvalue weighted by atomic mass is 32.2. The Morgan fingerprint density at radius 1 is 1.19 bits per heavy atom. The van der Waals surface area contributed by atoms with Gasteiger partial charge in [0.05, 0.1) is 23.6 Å². The molecule has 1 aliphatic heterocycles. The molecule has 0 aliphatic carbocycles. The lowest BCUT2D eigenvalue weighted by Crippen LogP contribution is -2.28. The average molecular weight is 370 g/mol. The first-order valence-corrected chi connectivity index (χ1v) is 9.68. The SMILES string of the molecule is O=c1c2ccccc2nc(SCc2ccc(F)cc2)n1C[C@@H]1CCCO1. The minimum atomic E-state index is -0.252. The molecule has 2 heterocycles. The molecule has 2 aromatic carbocycles. The second-order valence-electron chi connectivity index (χ2n) is 6.38. The van der Waals surface area contributed by atoms with E-state index in [1.54, 1.807) is 16.7 Å². The smallest absolute Gasteiger partial charge is 0.262 e. The number of hydrogen-bond acceptors (Lipinski definition) is 4. The Kier molecular flexibility index (Phi) is 5.04. The van der Waals surface area contributed by atoms with Gasteiger partial charge in [-0.05, 0) is 42.7 Å². The predicted molar refractivity (Wildman–Crippen MR) is 101 cm³/mol. The number of rotatable bonds is 5. The van der Waals surface area contributed by atoms with Crippen molar-refractivity contribution in [1.29, 1.82) is 0 Å². The molecular formula is C20H19FN2O2S. The summed E-state index contributed by atoms with van der Waals surface area (Å²) >= 11 is 1.49. The van der Waals surface area contributed by atoms with E-state index in [2.05, 4.69) is 0 Å². The van der Waals surface area contributed by atoms with E-state index >= 15 is 0 Å². The molecule has 0 amide bonds. The van der Waals surface area contributed by atoms with Crippen LogP contribution in [0.5, 0.6) is 0 Å². The molecule has 1 fully saturated rings. The number of thioether (sulfide) groups is 1. The Hall–Kier alpha value is -2.18. The van der Waals surface area contributed by atoms with Gasteiger partial charge in [0.1, 0.15) is 5.82 Å². The second-order valence-corrected chi connectivity index (χ2v) is 7.32. The van der Waals surface area contributed by atoms with E-state index < -0.39 is 0 Å². The molecular weight excluding hydrogens is 351 g/mol. The van der Waals surface area contributed by atoms with Gasteiger partial charge in [0.25, 0.3) is 5.56 Å². The van der Waals surface area contributed by atoms with Crippen LogP contribution in [0.25, 0.3) is 10.9 Å². The molecule has 1 aliphatic rings. The van der Waals surface area contributed by atoms with Gasteiger partial charge in [0, 0.05) is 12.4 Å². The Morgan fingerprint density at radius 2 is 2.00 bits per heavy atom. The van der Waals surface area contributed by atoms with Gasteiger partial charge in [-0.25, -0.2) is 9.37 Å². The summed E-state index contributed by atoms with van der Waals surface area (Å²) in [5.74, 6) is 0.370. The van der Waals surface area contributed by atoms with Crippen molar-refractivity contribution in [2.75, 3.05) is 6.61 Å². The van der Waals surface area contributed by atoms with Crippen molar-refractivity contribution in [3.63, 3.8) is 0 Å². The number of halogens is 1. The fourth-order valence-corrected chi connectivity index (χ4v) is 4.10. The van der Waals surface area contributed by atoms with E-state index in [1.807, 2.05) is 24.3 Å². The summed E-state index contributed by atoms with van der Waals surface area (Å²) in [6.07, 6.45) is 2.04. The van der Waals surface area contributed by atoms with Crippen LogP contribution in [0.1, 0.15) is 18.4 Å². The quantitative estimate of drug-likeness (QED) is 0.503. The fraction of sp³-hybridized carbons (Fsp3) is 0.300. The van der Waals surface area contributed by atoms with Crippen LogP contribution in [0.2, 0.25) is 0 Å². The topological polar surface area (TPSA) is 44.1 Å². The van der Waals surface area contributed by atoms with Crippen LogP contribution < -0.4 is 5.56 Å². The molecule has 4 rings (SSSR count). The van der Waals surface area contributed by atoms with Gasteiger partial charge >= 0.3 is 0 Å². The number of aromatic nitrogens is 2. The zero-order chi connectivity index (χ0) is 17.9. The van der Waals surface area contributed by atoms with Crippen molar-refractivity contribution in [3.05, 3.63) is 70.3 Å². The maximum absolute atomic E-state index is 13.1. The molecule has 134 valence electrons. The third-order valence-corrected chi connectivity index (χ3v) is 5.57. The van der Waals surface area contributed by atoms with Crippen LogP contribution in [0, 0.1) is 5.82 Å². The summed E-state index contributed by atoms with van der Waals surface area (Å²) in [4.78, 5) is 17.7. The molecule has 1 saturated heterocycles. The molecule has 1 aromatic heterocycles. The van der Waals surface area contributed by atoms with Gasteiger partial charge in [0.2, 0.25) is 0 Å². The molecule has 0 unspecified atom stereocenters. The van der Waals surface area contributed by atoms with Crippen LogP contribution in [0.15, 0.2) is 58.5 Å². The first-order chi connectivity index (χ1) is 12.7. The summed E-state index contributed by atoms with van der Waals surface area (Å²) in [6, 6.07) is 13.8. The van der Waals surface area contributed by atoms with E-state index in [9.17, 15) is 9.18 Å². The summed E-state index contributed by atoms with van der Waals surface area (Å²) < 4.78 is 20.5. The molecule has 0 radical (unpaired) electrons. The maximum atomic E-state index is 13.1. The van der Waals surface area contributed by atoms with Crippen LogP contribution in [0.3, 0.4) is 0 Å². The van der Waals surface area contributed by atoms with Gasteiger partial charge in [-0.2, -0.15) is 0 Å². The molecule has 0 saturated carbocycles. The van der Waals surface area contributed by atoms with Crippen LogP contribution in [-0.4, -0.2) is 22.3 Å². The minimum absolute atomic E-state index is 0.0345. The van der Waals surface area contributed by atoms with Crippen molar-refractivity contribution < 1.29 is 9.13 Å². The lowest BCUT2D eigenvalue weighted by Gasteiger charge is -2.16. The van der Waals surface area contributed by atoms with E-state index in [0.717, 1.165) is 25.0 Å². The Balaban J connectivity index is 1.68. The van der Waals surface area contributed by atoms with Crippen molar-refractivity contribution in [2.45, 2.75) is 36.4 Å². The number of para-hydroxylation sites is 1. The molecule has 3 aromatic rings. The molecule has 26 heavy (non-hydrogen) atoms. The van der Waals surface area contributed by atoms with Gasteiger partial charge in [-0.1, -0.05) is 36.0 Å². The first kappa shape index (κ1) is 17.2. The third-order valence-electron chi connectivity index (χ3n) is 4.52. The van der Waals surface area contributed by atoms with Crippen molar-refractivity contribution in [1.82, 2.24) is 9.55 Å². The van der Waals surface area contributed by atoms with Crippen LogP contribution >= 0.6 is 11.8 Å². The molecule has 0 bridgehead atoms. The van der Waals surface area contributed by atoms with Crippen LogP contribution in [0.4, 0.5) is 4.39 Å². The summed E-state index contributed by atoms with van der Waals surface area (Å²) in [6.45, 7) is 1.26. The summed E-state index contributed by atoms with van der Waals surface area (Å²) in [7, 11) is 0. The molecule has 4 nitrogen and oxygen atoms in total. The van der Waals surface area contributed by atoms with Crippen molar-refractivity contribution in [2.24, 2.45) is 0 Å². The predicted octanol–water partition coefficient (Wildman–Crippen LogP) is 4.01. The van der Waals surface area contributed by atoms with Gasteiger partial charge < -0.3 is 4.74 Å². The molecule has 1 atom stereocenters. The summed E-state index contributed by atoms with van der Waals surface area (Å²) in [5.41, 5.74) is 1.65. The maximum Gasteiger partial charge on any atom is 0.262 e. The van der Waals surface area contributed by atoms with Gasteiger partial charge in [-0.3, -0.25) is 9.36 Å². The molecule has 0 N–H and O–H groups in total. The lowest BCUT2D eigenvalue weighted by molar-refractivity contribution is 0.0937. The van der Waals surface area contributed by atoms with Crippen molar-refractivity contribution >= 4 is 22.7 Å². The number of hydrogen-bond donors (Lipinski definition) is 0. The zero-order valence-corrected chi connectivity index (χ0v) is 15.0. The largest absolute Gasteiger partial charge is 0.376 e. The lowest BCUT2D eigenvalue weighted by atomic mass is 10.2. The first-order valence-electron chi connectivity index (χ1n) is 8.69. The highest BCUT2D eigenvalue weighted by Gasteiger charge is 2.20. The van der Waals surface area contributed by atoms with Crippen LogP contribution in [-0.2, 0) is 17.0 Å². The number of benzene rings is 2. The minimum Gasteiger partial charge on any atom is -0.376 e. The Bertz CT molecular complexity index is 966. The number of nitrogens with zero attached hydrogens (tertiary/aromatic N) is 2. The number of fused-ring (bicyclic) bond motifs is 1. The molecule has 6 heteroatoms. The van der Waals surface area contributed by atoms with Gasteiger partial charge in [0.15, 0.2) is 5.16 Å². The number of ether oxygens (including phenoxy) is 1. The Labute approximate surface area is 155 Å².